The van der Waals surface area contributed by atoms with Crippen LogP contribution in [0.15, 0.2) is 53.3 Å². The molecule has 1 heterocycles. The van der Waals surface area contributed by atoms with Gasteiger partial charge in [-0.2, -0.15) is 0 Å². The van der Waals surface area contributed by atoms with Gasteiger partial charge in [0.15, 0.2) is 6.67 Å². The monoisotopic (exact) mass is 360 g/mol. The van der Waals surface area contributed by atoms with E-state index in [-0.39, 0.29) is 0 Å². The largest absolute Gasteiger partial charge is 0.496 e. The van der Waals surface area contributed by atoms with E-state index in [1.54, 1.807) is 7.11 Å². The molecule has 0 radical (unpaired) electrons. The Hall–Kier alpha value is -1.85. The normalized spacial score (nSPS) is 12.5. The minimum Gasteiger partial charge on any atom is -0.496 e. The van der Waals surface area contributed by atoms with Gasteiger partial charge < -0.3 is 9.64 Å². The molecule has 0 saturated carbocycles. The number of para-hydroxylation sites is 2. The third-order valence-electron chi connectivity index (χ3n) is 3.70. The Labute approximate surface area is 138 Å². The summed E-state index contributed by atoms with van der Waals surface area (Å²) in [5.41, 5.74) is 3.40. The minimum absolute atomic E-state index is 0.857. The van der Waals surface area contributed by atoms with Gasteiger partial charge in [0.25, 0.3) is 0 Å². The molecule has 114 valence electrons. The summed E-state index contributed by atoms with van der Waals surface area (Å²) in [6.45, 7) is 1.74. The average molecular weight is 361 g/mol. The Kier molecular flexibility index (Phi) is 4.45. The van der Waals surface area contributed by atoms with Crippen molar-refractivity contribution in [1.29, 1.82) is 0 Å². The van der Waals surface area contributed by atoms with Gasteiger partial charge in [-0.15, -0.1) is 0 Å². The molecule has 0 fully saturated rings. The van der Waals surface area contributed by atoms with Crippen LogP contribution >= 0.6 is 15.9 Å². The van der Waals surface area contributed by atoms with Gasteiger partial charge in [0, 0.05) is 10.0 Å². The molecule has 1 aromatic heterocycles. The van der Waals surface area contributed by atoms with Crippen molar-refractivity contribution in [2.75, 3.05) is 14.2 Å². The molecule has 22 heavy (non-hydrogen) atoms. The summed E-state index contributed by atoms with van der Waals surface area (Å²) in [4.78, 5) is 5.80. The number of aromatic nitrogens is 2. The number of hydrogen-bond donors (Lipinski definition) is 1. The van der Waals surface area contributed by atoms with Crippen LogP contribution in [-0.4, -0.2) is 23.7 Å². The summed E-state index contributed by atoms with van der Waals surface area (Å²) in [6, 6.07) is 14.3. The second-order valence-corrected chi connectivity index (χ2v) is 6.37. The lowest BCUT2D eigenvalue weighted by molar-refractivity contribution is -0.916. The topological polar surface area (TPSA) is 31.5 Å². The fraction of sp³-hybridized carbons (Fsp3) is 0.235. The Morgan fingerprint density at radius 2 is 2.05 bits per heavy atom. The van der Waals surface area contributed by atoms with Crippen LogP contribution in [0.3, 0.4) is 0 Å². The van der Waals surface area contributed by atoms with E-state index in [0.29, 0.717) is 0 Å². The van der Waals surface area contributed by atoms with E-state index in [1.165, 1.54) is 16.0 Å². The summed E-state index contributed by atoms with van der Waals surface area (Å²) in [7, 11) is 3.89. The zero-order chi connectivity index (χ0) is 15.5. The van der Waals surface area contributed by atoms with Crippen molar-refractivity contribution < 1.29 is 9.64 Å². The van der Waals surface area contributed by atoms with E-state index in [4.69, 9.17) is 4.74 Å². The summed E-state index contributed by atoms with van der Waals surface area (Å²) in [5.74, 6) is 0.929. The van der Waals surface area contributed by atoms with Crippen molar-refractivity contribution in [2.24, 2.45) is 0 Å². The molecular weight excluding hydrogens is 342 g/mol. The molecule has 5 heteroatoms. The van der Waals surface area contributed by atoms with Crippen molar-refractivity contribution in [2.45, 2.75) is 13.2 Å². The van der Waals surface area contributed by atoms with Crippen LogP contribution in [0, 0.1) is 0 Å². The lowest BCUT2D eigenvalue weighted by Gasteiger charge is -2.17. The summed E-state index contributed by atoms with van der Waals surface area (Å²) >= 11 is 3.53. The molecule has 2 aromatic carbocycles. The molecular formula is C17H19BrN3O+. The molecule has 3 aromatic rings. The smallest absolute Gasteiger partial charge is 0.158 e. The predicted molar refractivity (Wildman–Crippen MR) is 91.0 cm³/mol. The Morgan fingerprint density at radius 1 is 1.23 bits per heavy atom. The maximum atomic E-state index is 5.45. The van der Waals surface area contributed by atoms with Crippen LogP contribution in [0.25, 0.3) is 11.0 Å². The third-order valence-corrected chi connectivity index (χ3v) is 4.20. The SMILES string of the molecule is COc1ccc(Br)cc1C[NH+](C)Cn1cnc2ccccc21. The van der Waals surface area contributed by atoms with Crippen LogP contribution in [0.5, 0.6) is 5.75 Å². The number of hydrogen-bond acceptors (Lipinski definition) is 2. The number of methoxy groups -OCH3 is 1. The number of nitrogens with zero attached hydrogens (tertiary/aromatic N) is 2. The van der Waals surface area contributed by atoms with E-state index < -0.39 is 0 Å². The summed E-state index contributed by atoms with van der Waals surface area (Å²) < 4.78 is 8.72. The van der Waals surface area contributed by atoms with Gasteiger partial charge in [-0.05, 0) is 30.3 Å². The average Bonchev–Trinajstić information content (AvgIpc) is 2.91. The standard InChI is InChI=1S/C17H18BrN3O/c1-20(10-13-9-14(18)7-8-17(13)22-2)12-21-11-19-15-5-3-4-6-16(15)21/h3-9,11H,10,12H2,1-2H3/p+1. The molecule has 1 N–H and O–H groups in total. The molecule has 0 saturated heterocycles. The molecule has 4 nitrogen and oxygen atoms in total. The van der Waals surface area contributed by atoms with E-state index in [1.807, 2.05) is 36.7 Å². The second kappa shape index (κ2) is 6.50. The molecule has 0 aliphatic heterocycles. The van der Waals surface area contributed by atoms with Crippen molar-refractivity contribution in [1.82, 2.24) is 9.55 Å². The van der Waals surface area contributed by atoms with Gasteiger partial charge in [-0.25, -0.2) is 4.98 Å². The highest BCUT2D eigenvalue weighted by Crippen LogP contribution is 2.22. The van der Waals surface area contributed by atoms with Gasteiger partial charge in [0.05, 0.1) is 25.2 Å². The van der Waals surface area contributed by atoms with Gasteiger partial charge in [0.1, 0.15) is 18.6 Å². The van der Waals surface area contributed by atoms with E-state index in [9.17, 15) is 0 Å². The zero-order valence-electron chi connectivity index (χ0n) is 12.7. The molecule has 0 aliphatic carbocycles. The maximum Gasteiger partial charge on any atom is 0.158 e. The fourth-order valence-corrected chi connectivity index (χ4v) is 3.10. The van der Waals surface area contributed by atoms with Crippen molar-refractivity contribution >= 4 is 27.0 Å². The van der Waals surface area contributed by atoms with Crippen LogP contribution in [-0.2, 0) is 13.2 Å². The molecule has 1 atom stereocenters. The van der Waals surface area contributed by atoms with Gasteiger partial charge in [-0.3, -0.25) is 4.57 Å². The minimum atomic E-state index is 0.857. The number of benzene rings is 2. The quantitative estimate of drug-likeness (QED) is 0.757. The highest BCUT2D eigenvalue weighted by molar-refractivity contribution is 9.10. The van der Waals surface area contributed by atoms with Crippen LogP contribution in [0.1, 0.15) is 5.56 Å². The Bertz CT molecular complexity index is 784. The Balaban J connectivity index is 1.78. The number of quaternary nitrogens is 1. The Morgan fingerprint density at radius 3 is 2.86 bits per heavy atom. The van der Waals surface area contributed by atoms with Gasteiger partial charge in [-0.1, -0.05) is 28.1 Å². The number of fused-ring (bicyclic) bond motifs is 1. The van der Waals surface area contributed by atoms with Crippen molar-refractivity contribution in [3.63, 3.8) is 0 Å². The molecule has 0 bridgehead atoms. The third kappa shape index (κ3) is 3.15. The van der Waals surface area contributed by atoms with E-state index >= 15 is 0 Å². The molecule has 3 rings (SSSR count). The van der Waals surface area contributed by atoms with Crippen molar-refractivity contribution in [3.05, 3.63) is 58.8 Å². The molecule has 0 spiro atoms. The maximum absolute atomic E-state index is 5.45. The number of ether oxygens (including phenoxy) is 1. The second-order valence-electron chi connectivity index (χ2n) is 5.45. The highest BCUT2D eigenvalue weighted by atomic mass is 79.9. The number of imidazole rings is 1. The summed E-state index contributed by atoms with van der Waals surface area (Å²) in [6.07, 6.45) is 1.91. The predicted octanol–water partition coefficient (Wildman–Crippen LogP) is 2.48. The molecule has 1 unspecified atom stereocenters. The van der Waals surface area contributed by atoms with Gasteiger partial charge >= 0.3 is 0 Å². The molecule has 0 aliphatic rings. The fourth-order valence-electron chi connectivity index (χ4n) is 2.69. The van der Waals surface area contributed by atoms with Crippen LogP contribution in [0.4, 0.5) is 0 Å². The number of rotatable bonds is 5. The van der Waals surface area contributed by atoms with E-state index in [2.05, 4.69) is 44.7 Å². The van der Waals surface area contributed by atoms with Crippen LogP contribution in [0.2, 0.25) is 0 Å². The molecule has 0 amide bonds. The lowest BCUT2D eigenvalue weighted by atomic mass is 10.2. The first-order chi connectivity index (χ1) is 10.7. The van der Waals surface area contributed by atoms with E-state index in [0.717, 1.165) is 29.0 Å². The van der Waals surface area contributed by atoms with Crippen LogP contribution < -0.4 is 9.64 Å². The first-order valence-corrected chi connectivity index (χ1v) is 8.00. The van der Waals surface area contributed by atoms with Crippen molar-refractivity contribution in [3.8, 4) is 5.75 Å². The first-order valence-electron chi connectivity index (χ1n) is 7.21. The lowest BCUT2D eigenvalue weighted by Crippen LogP contribution is -3.06. The number of halogens is 1. The zero-order valence-corrected chi connectivity index (χ0v) is 14.3. The van der Waals surface area contributed by atoms with Gasteiger partial charge in [0.2, 0.25) is 0 Å². The summed E-state index contributed by atoms with van der Waals surface area (Å²) in [5, 5.41) is 0. The number of nitrogens with one attached hydrogen (secondary N) is 1. The first kappa shape index (κ1) is 15.1. The highest BCUT2D eigenvalue weighted by Gasteiger charge is 2.11.